The summed E-state index contributed by atoms with van der Waals surface area (Å²) < 4.78 is 11.0. The summed E-state index contributed by atoms with van der Waals surface area (Å²) in [4.78, 5) is 25.2. The van der Waals surface area contributed by atoms with E-state index in [4.69, 9.17) is 9.47 Å². The summed E-state index contributed by atoms with van der Waals surface area (Å²) in [6, 6.07) is 0. The van der Waals surface area contributed by atoms with Gasteiger partial charge < -0.3 is 9.47 Å². The molecule has 0 N–H and O–H groups in total. The van der Waals surface area contributed by atoms with Gasteiger partial charge in [-0.2, -0.15) is 0 Å². The van der Waals surface area contributed by atoms with Crippen molar-refractivity contribution in [1.29, 1.82) is 0 Å². The predicted molar refractivity (Wildman–Crippen MR) is 102 cm³/mol. The van der Waals surface area contributed by atoms with Crippen LogP contribution in [0.3, 0.4) is 0 Å². The first-order chi connectivity index (χ1) is 12.4. The lowest BCUT2D eigenvalue weighted by atomic mass is 9.61. The van der Waals surface area contributed by atoms with Gasteiger partial charge in [0.05, 0.1) is 25.6 Å². The molecule has 0 bridgehead atoms. The van der Waals surface area contributed by atoms with Crippen molar-refractivity contribution < 1.29 is 19.1 Å². The minimum Gasteiger partial charge on any atom is -0.465 e. The molecule has 4 nitrogen and oxygen atoms in total. The molecule has 4 atom stereocenters. The van der Waals surface area contributed by atoms with Gasteiger partial charge in [-0.1, -0.05) is 59.8 Å². The second-order valence-electron chi connectivity index (χ2n) is 9.21. The summed E-state index contributed by atoms with van der Waals surface area (Å²) in [5.41, 5.74) is 0. The lowest BCUT2D eigenvalue weighted by molar-refractivity contribution is -0.160. The Bertz CT molecular complexity index is 455. The Labute approximate surface area is 159 Å². The molecule has 4 unspecified atom stereocenters. The SMILES string of the molecule is CC(C)COC(=O)CC(C(=O)OCC(C)C)C1CCCC2CCCCC21. The highest BCUT2D eigenvalue weighted by Crippen LogP contribution is 2.47. The van der Waals surface area contributed by atoms with Crippen molar-refractivity contribution in [1.82, 2.24) is 0 Å². The molecule has 0 aliphatic heterocycles. The highest BCUT2D eigenvalue weighted by atomic mass is 16.5. The van der Waals surface area contributed by atoms with Gasteiger partial charge in [-0.05, 0) is 42.4 Å². The van der Waals surface area contributed by atoms with Crippen LogP contribution in [-0.2, 0) is 19.1 Å². The third-order valence-corrected chi connectivity index (χ3v) is 5.97. The van der Waals surface area contributed by atoms with E-state index in [1.165, 1.54) is 38.5 Å². The molecule has 0 spiro atoms. The summed E-state index contributed by atoms with van der Waals surface area (Å²) in [5.74, 6) is 1.43. The zero-order valence-electron chi connectivity index (χ0n) is 17.2. The zero-order valence-corrected chi connectivity index (χ0v) is 17.2. The minimum absolute atomic E-state index is 0.178. The van der Waals surface area contributed by atoms with E-state index >= 15 is 0 Å². The number of hydrogen-bond acceptors (Lipinski definition) is 4. The topological polar surface area (TPSA) is 52.6 Å². The molecule has 0 radical (unpaired) electrons. The molecule has 0 aromatic carbocycles. The Balaban J connectivity index is 2.07. The summed E-state index contributed by atoms with van der Waals surface area (Å²) in [5, 5.41) is 0. The van der Waals surface area contributed by atoms with Gasteiger partial charge in [-0.15, -0.1) is 0 Å². The van der Waals surface area contributed by atoms with E-state index in [2.05, 4.69) is 0 Å². The van der Waals surface area contributed by atoms with E-state index in [1.54, 1.807) is 0 Å². The van der Waals surface area contributed by atoms with Crippen molar-refractivity contribution in [2.45, 2.75) is 79.1 Å². The number of hydrogen-bond donors (Lipinski definition) is 0. The molecule has 0 aromatic rings. The highest BCUT2D eigenvalue weighted by molar-refractivity contribution is 5.80. The molecule has 26 heavy (non-hydrogen) atoms. The second kappa shape index (κ2) is 10.3. The maximum Gasteiger partial charge on any atom is 0.309 e. The fourth-order valence-electron chi connectivity index (χ4n) is 4.75. The fourth-order valence-corrected chi connectivity index (χ4v) is 4.75. The van der Waals surface area contributed by atoms with Crippen molar-refractivity contribution in [2.75, 3.05) is 13.2 Å². The first-order valence-electron chi connectivity index (χ1n) is 10.7. The maximum absolute atomic E-state index is 12.9. The van der Waals surface area contributed by atoms with Gasteiger partial charge in [0, 0.05) is 0 Å². The van der Waals surface area contributed by atoms with E-state index in [9.17, 15) is 9.59 Å². The van der Waals surface area contributed by atoms with Crippen LogP contribution in [0.5, 0.6) is 0 Å². The van der Waals surface area contributed by atoms with Crippen molar-refractivity contribution >= 4 is 11.9 Å². The van der Waals surface area contributed by atoms with Gasteiger partial charge in [0.15, 0.2) is 0 Å². The van der Waals surface area contributed by atoms with E-state index in [1.807, 2.05) is 27.7 Å². The predicted octanol–water partition coefficient (Wildman–Crippen LogP) is 5.00. The van der Waals surface area contributed by atoms with Gasteiger partial charge in [0.2, 0.25) is 0 Å². The van der Waals surface area contributed by atoms with Gasteiger partial charge >= 0.3 is 11.9 Å². The summed E-state index contributed by atoms with van der Waals surface area (Å²) in [6.07, 6.45) is 8.72. The second-order valence-corrected chi connectivity index (χ2v) is 9.21. The van der Waals surface area contributed by atoms with Crippen LogP contribution in [0.15, 0.2) is 0 Å². The lowest BCUT2D eigenvalue weighted by Gasteiger charge is -2.43. The molecule has 0 saturated heterocycles. The quantitative estimate of drug-likeness (QED) is 0.567. The van der Waals surface area contributed by atoms with Gasteiger partial charge in [-0.3, -0.25) is 9.59 Å². The number of fused-ring (bicyclic) bond motifs is 1. The lowest BCUT2D eigenvalue weighted by Crippen LogP contribution is -2.40. The Morgan fingerprint density at radius 1 is 0.846 bits per heavy atom. The molecule has 2 aliphatic carbocycles. The minimum atomic E-state index is -0.334. The van der Waals surface area contributed by atoms with Crippen LogP contribution in [0.4, 0.5) is 0 Å². The van der Waals surface area contributed by atoms with Gasteiger partial charge in [0.25, 0.3) is 0 Å². The van der Waals surface area contributed by atoms with E-state index in [-0.39, 0.29) is 30.2 Å². The Kier molecular flexibility index (Phi) is 8.43. The van der Waals surface area contributed by atoms with Crippen LogP contribution >= 0.6 is 0 Å². The summed E-state index contributed by atoms with van der Waals surface area (Å²) >= 11 is 0. The molecule has 4 heteroatoms. The fraction of sp³-hybridized carbons (Fsp3) is 0.909. The molecule has 0 aromatic heterocycles. The number of carbonyl (C=O) groups excluding carboxylic acids is 2. The van der Waals surface area contributed by atoms with Crippen LogP contribution in [0.1, 0.15) is 79.1 Å². The van der Waals surface area contributed by atoms with Gasteiger partial charge in [-0.25, -0.2) is 0 Å². The molecule has 0 amide bonds. The summed E-state index contributed by atoms with van der Waals surface area (Å²) in [6.45, 7) is 8.97. The van der Waals surface area contributed by atoms with Crippen molar-refractivity contribution in [2.24, 2.45) is 35.5 Å². The molecule has 2 aliphatic rings. The van der Waals surface area contributed by atoms with Crippen LogP contribution in [0.2, 0.25) is 0 Å². The van der Waals surface area contributed by atoms with Crippen molar-refractivity contribution in [3.8, 4) is 0 Å². The number of rotatable bonds is 8. The number of esters is 2. The molecule has 2 rings (SSSR count). The molecule has 150 valence electrons. The van der Waals surface area contributed by atoms with E-state index in [0.717, 1.165) is 12.3 Å². The normalized spacial score (nSPS) is 27.1. The molecular formula is C22H38O4. The molecule has 0 heterocycles. The molecule has 2 fully saturated rings. The van der Waals surface area contributed by atoms with Crippen LogP contribution in [0, 0.1) is 35.5 Å². The van der Waals surface area contributed by atoms with E-state index in [0.29, 0.717) is 31.0 Å². The largest absolute Gasteiger partial charge is 0.465 e. The zero-order chi connectivity index (χ0) is 19.1. The number of carbonyl (C=O) groups is 2. The Hall–Kier alpha value is -1.06. The monoisotopic (exact) mass is 366 g/mol. The first-order valence-corrected chi connectivity index (χ1v) is 10.7. The average Bonchev–Trinajstić information content (AvgIpc) is 2.62. The molecular weight excluding hydrogens is 328 g/mol. The van der Waals surface area contributed by atoms with Crippen molar-refractivity contribution in [3.05, 3.63) is 0 Å². The van der Waals surface area contributed by atoms with E-state index < -0.39 is 0 Å². The average molecular weight is 367 g/mol. The molecule has 2 saturated carbocycles. The maximum atomic E-state index is 12.9. The Morgan fingerprint density at radius 3 is 2.15 bits per heavy atom. The van der Waals surface area contributed by atoms with Crippen LogP contribution in [-0.4, -0.2) is 25.2 Å². The highest BCUT2D eigenvalue weighted by Gasteiger charge is 2.42. The smallest absolute Gasteiger partial charge is 0.309 e. The third kappa shape index (κ3) is 6.28. The standard InChI is InChI=1S/C22H38O4/c1-15(2)13-25-21(23)12-20(22(24)26-14-16(3)4)19-11-7-9-17-8-5-6-10-18(17)19/h15-20H,5-14H2,1-4H3. The van der Waals surface area contributed by atoms with Crippen LogP contribution in [0.25, 0.3) is 0 Å². The summed E-state index contributed by atoms with van der Waals surface area (Å²) in [7, 11) is 0. The first kappa shape index (κ1) is 21.2. The van der Waals surface area contributed by atoms with Gasteiger partial charge in [0.1, 0.15) is 0 Å². The number of ether oxygens (including phenoxy) is 2. The third-order valence-electron chi connectivity index (χ3n) is 5.97. The Morgan fingerprint density at radius 2 is 1.46 bits per heavy atom. The van der Waals surface area contributed by atoms with Crippen molar-refractivity contribution in [3.63, 3.8) is 0 Å². The van der Waals surface area contributed by atoms with Crippen LogP contribution < -0.4 is 0 Å².